The van der Waals surface area contributed by atoms with Gasteiger partial charge in [-0.25, -0.2) is 17.8 Å². The molecule has 16 heteroatoms. The van der Waals surface area contributed by atoms with E-state index in [1.807, 2.05) is 0 Å². The molecule has 3 N–H and O–H groups in total. The van der Waals surface area contributed by atoms with Crippen LogP contribution in [0.15, 0.2) is 78.0 Å². The number of carbonyl (C=O) groups excluding carboxylic acids is 2. The number of alkyl halides is 3. The summed E-state index contributed by atoms with van der Waals surface area (Å²) in [6, 6.07) is 15.6. The zero-order valence-corrected chi connectivity index (χ0v) is 25.4. The molecule has 11 nitrogen and oxygen atoms in total. The molecule has 238 valence electrons. The topological polar surface area (TPSA) is 141 Å². The van der Waals surface area contributed by atoms with Gasteiger partial charge in [-0.3, -0.25) is 9.59 Å². The molecule has 0 aliphatic carbocycles. The number of nitrogens with zero attached hydrogens (tertiary/aromatic N) is 2. The molecule has 1 aromatic heterocycles. The van der Waals surface area contributed by atoms with Gasteiger partial charge in [0, 0.05) is 28.9 Å². The van der Waals surface area contributed by atoms with Crippen LogP contribution >= 0.6 is 11.6 Å². The monoisotopic (exact) mass is 665 g/mol. The lowest BCUT2D eigenvalue weighted by Crippen LogP contribution is -2.25. The first-order valence-electron chi connectivity index (χ1n) is 13.1. The van der Waals surface area contributed by atoms with Gasteiger partial charge >= 0.3 is 6.18 Å². The highest BCUT2D eigenvalue weighted by Crippen LogP contribution is 2.28. The van der Waals surface area contributed by atoms with E-state index in [4.69, 9.17) is 21.1 Å². The van der Waals surface area contributed by atoms with Crippen LogP contribution in [-0.4, -0.2) is 50.4 Å². The van der Waals surface area contributed by atoms with Gasteiger partial charge in [0.15, 0.2) is 0 Å². The van der Waals surface area contributed by atoms with Crippen molar-refractivity contribution in [1.82, 2.24) is 14.5 Å². The predicted octanol–water partition coefficient (Wildman–Crippen LogP) is 5.09. The van der Waals surface area contributed by atoms with E-state index in [9.17, 15) is 31.2 Å². The number of hydrogen-bond donors (Lipinski definition) is 3. The minimum Gasteiger partial charge on any atom is -0.497 e. The first-order chi connectivity index (χ1) is 21.3. The number of methoxy groups -OCH3 is 2. The molecule has 0 saturated carbocycles. The molecule has 4 rings (SSSR count). The van der Waals surface area contributed by atoms with Crippen LogP contribution in [0.3, 0.4) is 0 Å². The Balaban J connectivity index is 1.65. The number of carbonyl (C=O) groups is 2. The number of benzene rings is 3. The normalized spacial score (nSPS) is 11.6. The van der Waals surface area contributed by atoms with E-state index in [0.29, 0.717) is 27.6 Å². The van der Waals surface area contributed by atoms with Crippen molar-refractivity contribution < 1.29 is 40.7 Å². The Labute approximate surface area is 261 Å². The van der Waals surface area contributed by atoms with Gasteiger partial charge in [-0.05, 0) is 35.9 Å². The van der Waals surface area contributed by atoms with Crippen molar-refractivity contribution in [2.45, 2.75) is 30.5 Å². The third-order valence-electron chi connectivity index (χ3n) is 6.26. The highest BCUT2D eigenvalue weighted by atomic mass is 35.5. The van der Waals surface area contributed by atoms with Gasteiger partial charge in [-0.1, -0.05) is 35.9 Å². The maximum Gasteiger partial charge on any atom is 0.397 e. The van der Waals surface area contributed by atoms with Crippen LogP contribution in [0.5, 0.6) is 11.5 Å². The third kappa shape index (κ3) is 8.97. The molecule has 0 saturated heterocycles. The van der Waals surface area contributed by atoms with Crippen molar-refractivity contribution in [3.8, 4) is 17.2 Å². The van der Waals surface area contributed by atoms with Gasteiger partial charge in [0.2, 0.25) is 21.8 Å². The quantitative estimate of drug-likeness (QED) is 0.191. The number of anilines is 2. The maximum absolute atomic E-state index is 13.7. The summed E-state index contributed by atoms with van der Waals surface area (Å²) >= 11 is 6.16. The van der Waals surface area contributed by atoms with Crippen LogP contribution in [0.2, 0.25) is 5.02 Å². The average Bonchev–Trinajstić information content (AvgIpc) is 3.44. The fourth-order valence-electron chi connectivity index (χ4n) is 4.17. The summed E-state index contributed by atoms with van der Waals surface area (Å²) in [5.74, 6) is -0.924. The Kier molecular flexibility index (Phi) is 10.4. The Morgan fingerprint density at radius 1 is 0.933 bits per heavy atom. The molecule has 0 unspecified atom stereocenters. The molecule has 0 radical (unpaired) electrons. The minimum absolute atomic E-state index is 0.0235. The number of amides is 2. The largest absolute Gasteiger partial charge is 0.497 e. The summed E-state index contributed by atoms with van der Waals surface area (Å²) in [4.78, 5) is 24.2. The van der Waals surface area contributed by atoms with E-state index in [1.165, 1.54) is 32.4 Å². The summed E-state index contributed by atoms with van der Waals surface area (Å²) in [5.41, 5.74) is 1.06. The molecular weight excluding hydrogens is 639 g/mol. The molecule has 0 atom stereocenters. The Bertz CT molecular complexity index is 1810. The Morgan fingerprint density at radius 2 is 1.67 bits per heavy atom. The third-order valence-corrected chi connectivity index (χ3v) is 8.06. The van der Waals surface area contributed by atoms with Gasteiger partial charge < -0.3 is 20.1 Å². The van der Waals surface area contributed by atoms with Crippen molar-refractivity contribution >= 4 is 44.8 Å². The Hall–Kier alpha value is -4.60. The van der Waals surface area contributed by atoms with Crippen LogP contribution in [0, 0.1) is 0 Å². The van der Waals surface area contributed by atoms with Gasteiger partial charge in [-0.15, -0.1) is 0 Å². The Morgan fingerprint density at radius 3 is 2.36 bits per heavy atom. The van der Waals surface area contributed by atoms with Crippen molar-refractivity contribution in [3.05, 3.63) is 89.2 Å². The number of ether oxygens (including phenoxy) is 2. The van der Waals surface area contributed by atoms with E-state index in [-0.39, 0.29) is 34.9 Å². The zero-order valence-electron chi connectivity index (χ0n) is 23.8. The number of sulfonamides is 1. The van der Waals surface area contributed by atoms with E-state index >= 15 is 0 Å². The second-order valence-electron chi connectivity index (χ2n) is 9.51. The van der Waals surface area contributed by atoms with Crippen LogP contribution in [0.25, 0.3) is 5.69 Å². The summed E-state index contributed by atoms with van der Waals surface area (Å²) in [5, 5.41) is 9.14. The smallest absolute Gasteiger partial charge is 0.397 e. The number of hydrogen-bond acceptors (Lipinski definition) is 7. The van der Waals surface area contributed by atoms with Gasteiger partial charge in [0.1, 0.15) is 22.8 Å². The van der Waals surface area contributed by atoms with E-state index in [1.54, 1.807) is 42.5 Å². The predicted molar refractivity (Wildman–Crippen MR) is 160 cm³/mol. The fraction of sp³-hybridized carbons (Fsp3) is 0.207. The molecule has 0 bridgehead atoms. The van der Waals surface area contributed by atoms with Crippen molar-refractivity contribution in [2.75, 3.05) is 24.9 Å². The maximum atomic E-state index is 13.7. The minimum atomic E-state index is -4.72. The molecule has 0 spiro atoms. The molecule has 0 aliphatic heterocycles. The van der Waals surface area contributed by atoms with Gasteiger partial charge in [0.05, 0.1) is 44.4 Å². The lowest BCUT2D eigenvalue weighted by molar-refractivity contribution is -0.150. The standard InChI is InChI=1S/C29H27ClF3N5O6S/c1-43-22-9-7-19(25(13-22)44-2)15-35-45(41,42)26-12-20(36-27(39)11-18-5-3-4-6-23(18)30)8-10-24(26)38-17-21(16-34-38)37-28(40)14-29(31,32)33/h3-10,12-13,16-17,35H,11,14-15H2,1-2H3,(H,36,39)(H,37,40). The molecule has 3 aromatic carbocycles. The summed E-state index contributed by atoms with van der Waals surface area (Å²) in [6.45, 7) is -0.199. The first kappa shape index (κ1) is 33.3. The highest BCUT2D eigenvalue weighted by Gasteiger charge is 2.31. The van der Waals surface area contributed by atoms with Crippen molar-refractivity contribution in [2.24, 2.45) is 0 Å². The fourth-order valence-corrected chi connectivity index (χ4v) is 5.59. The molecule has 0 fully saturated rings. The lowest BCUT2D eigenvalue weighted by Gasteiger charge is -2.15. The van der Waals surface area contributed by atoms with Crippen LogP contribution < -0.4 is 24.8 Å². The van der Waals surface area contributed by atoms with Gasteiger partial charge in [-0.2, -0.15) is 18.3 Å². The zero-order chi connectivity index (χ0) is 32.8. The van der Waals surface area contributed by atoms with E-state index < -0.39 is 34.4 Å². The summed E-state index contributed by atoms with van der Waals surface area (Å²) in [6.07, 6.45) is -4.28. The van der Waals surface area contributed by atoms with Crippen LogP contribution in [-0.2, 0) is 32.6 Å². The molecular formula is C29H27ClF3N5O6S. The molecule has 2 amide bonds. The summed E-state index contributed by atoms with van der Waals surface area (Å²) < 4.78 is 79.3. The lowest BCUT2D eigenvalue weighted by atomic mass is 10.1. The van der Waals surface area contributed by atoms with Gasteiger partial charge in [0.25, 0.3) is 0 Å². The first-order valence-corrected chi connectivity index (χ1v) is 14.9. The molecule has 0 aliphatic rings. The average molecular weight is 666 g/mol. The van der Waals surface area contributed by atoms with Crippen molar-refractivity contribution in [3.63, 3.8) is 0 Å². The van der Waals surface area contributed by atoms with E-state index in [0.717, 1.165) is 17.1 Å². The van der Waals surface area contributed by atoms with Crippen molar-refractivity contribution in [1.29, 1.82) is 0 Å². The van der Waals surface area contributed by atoms with E-state index in [2.05, 4.69) is 20.5 Å². The SMILES string of the molecule is COc1ccc(CNS(=O)(=O)c2cc(NC(=O)Cc3ccccc3Cl)ccc2-n2cc(NC(=O)CC(F)(F)F)cn2)c(OC)c1. The molecule has 1 heterocycles. The van der Waals surface area contributed by atoms with Crippen LogP contribution in [0.4, 0.5) is 24.5 Å². The highest BCUT2D eigenvalue weighted by molar-refractivity contribution is 7.89. The van der Waals surface area contributed by atoms with Crippen LogP contribution in [0.1, 0.15) is 17.5 Å². The number of aromatic nitrogens is 2. The number of rotatable bonds is 12. The molecule has 45 heavy (non-hydrogen) atoms. The number of nitrogens with one attached hydrogen (secondary N) is 3. The second-order valence-corrected chi connectivity index (χ2v) is 11.7. The number of halogens is 4. The summed E-state index contributed by atoms with van der Waals surface area (Å²) in [7, 11) is -1.45. The molecule has 4 aromatic rings. The second kappa shape index (κ2) is 14.0.